The fourth-order valence-electron chi connectivity index (χ4n) is 13.6. The van der Waals surface area contributed by atoms with Crippen molar-refractivity contribution < 1.29 is 37.9 Å². The fraction of sp³-hybridized carbons (Fsp3) is 0.455. The summed E-state index contributed by atoms with van der Waals surface area (Å²) in [5.41, 5.74) is 4.27. The van der Waals surface area contributed by atoms with Gasteiger partial charge in [0.15, 0.2) is 23.3 Å². The number of ether oxygens (including phenoxy) is 8. The zero-order chi connectivity index (χ0) is 73.0. The van der Waals surface area contributed by atoms with Gasteiger partial charge in [-0.3, -0.25) is 0 Å². The Hall–Kier alpha value is -9.44. The molecule has 0 radical (unpaired) electrons. The first-order valence-corrected chi connectivity index (χ1v) is 38.4. The quantitative estimate of drug-likeness (QED) is 0.0406. The number of aromatic amines is 2. The molecule has 2 aliphatic heterocycles. The van der Waals surface area contributed by atoms with E-state index in [0.29, 0.717) is 236 Å². The smallest absolute Gasteiger partial charge is 0.168 e. The molecule has 5 heterocycles. The van der Waals surface area contributed by atoms with Gasteiger partial charge in [0, 0.05) is 43.1 Å². The molecule has 546 valence electrons. The van der Waals surface area contributed by atoms with Crippen molar-refractivity contribution in [3.8, 4) is 91.5 Å². The van der Waals surface area contributed by atoms with E-state index in [0.717, 1.165) is 94.5 Å². The molecule has 3 aromatic heterocycles. The van der Waals surface area contributed by atoms with Gasteiger partial charge in [0.1, 0.15) is 68.6 Å². The average Bonchev–Trinajstić information content (AvgIpc) is 1.55. The van der Waals surface area contributed by atoms with E-state index in [4.69, 9.17) is 67.8 Å². The van der Waals surface area contributed by atoms with Crippen LogP contribution in [0.3, 0.4) is 0 Å². The van der Waals surface area contributed by atoms with E-state index in [-0.39, 0.29) is 0 Å². The maximum Gasteiger partial charge on any atom is 0.168 e. The lowest BCUT2D eigenvalue weighted by molar-refractivity contribution is 0.288. The monoisotopic (exact) mass is 1400 g/mol. The fourth-order valence-corrected chi connectivity index (χ4v) is 13.6. The van der Waals surface area contributed by atoms with Crippen LogP contribution in [0, 0.1) is 47.3 Å². The lowest BCUT2D eigenvalue weighted by Gasteiger charge is -2.19. The predicted molar refractivity (Wildman–Crippen MR) is 426 cm³/mol. The van der Waals surface area contributed by atoms with Gasteiger partial charge in [0.2, 0.25) is 0 Å². The van der Waals surface area contributed by atoms with E-state index in [1.807, 2.05) is 0 Å². The summed E-state index contributed by atoms with van der Waals surface area (Å²) in [5.74, 6) is 9.18. The molecule has 0 spiro atoms. The van der Waals surface area contributed by atoms with Crippen molar-refractivity contribution in [1.82, 2.24) is 39.9 Å². The van der Waals surface area contributed by atoms with Crippen LogP contribution in [0.25, 0.3) is 133 Å². The molecule has 0 fully saturated rings. The highest BCUT2D eigenvalue weighted by atomic mass is 16.5. The molecule has 8 bridgehead atoms. The van der Waals surface area contributed by atoms with Crippen LogP contribution >= 0.6 is 0 Å². The van der Waals surface area contributed by atoms with E-state index in [1.165, 1.54) is 0 Å². The molecular weight excluding hydrogens is 1300 g/mol. The maximum absolute atomic E-state index is 7.29. The zero-order valence-corrected chi connectivity index (χ0v) is 64.1. The van der Waals surface area contributed by atoms with Gasteiger partial charge < -0.3 is 47.9 Å². The Balaban J connectivity index is 1.31. The molecule has 104 heavy (non-hydrogen) atoms. The van der Waals surface area contributed by atoms with Crippen molar-refractivity contribution in [2.24, 2.45) is 47.3 Å². The van der Waals surface area contributed by atoms with E-state index >= 15 is 0 Å². The molecule has 16 nitrogen and oxygen atoms in total. The van der Waals surface area contributed by atoms with Gasteiger partial charge in [0.25, 0.3) is 0 Å². The van der Waals surface area contributed by atoms with E-state index < -0.39 is 0 Å². The third kappa shape index (κ3) is 15.1. The van der Waals surface area contributed by atoms with Crippen LogP contribution in [0.5, 0.6) is 46.0 Å². The van der Waals surface area contributed by atoms with E-state index in [1.54, 1.807) is 0 Å². The minimum absolute atomic E-state index is 0.343. The second-order valence-corrected chi connectivity index (χ2v) is 31.7. The van der Waals surface area contributed by atoms with Gasteiger partial charge in [-0.25, -0.2) is 29.9 Å². The lowest BCUT2D eigenvalue weighted by atomic mass is 9.97. The number of rotatable bonds is 32. The number of benzene rings is 8. The van der Waals surface area contributed by atoms with Crippen LogP contribution in [0.1, 0.15) is 162 Å². The van der Waals surface area contributed by atoms with Crippen LogP contribution in [-0.4, -0.2) is 92.7 Å². The highest BCUT2D eigenvalue weighted by Gasteiger charge is 2.36. The molecule has 0 atom stereocenters. The third-order valence-electron chi connectivity index (χ3n) is 19.6. The highest BCUT2D eigenvalue weighted by molar-refractivity contribution is 6.23. The summed E-state index contributed by atoms with van der Waals surface area (Å²) in [6.07, 6.45) is 6.37. The number of hydrogen-bond acceptors (Lipinski definition) is 14. The number of aromatic nitrogens is 8. The van der Waals surface area contributed by atoms with E-state index in [2.05, 4.69) is 218 Å². The maximum atomic E-state index is 7.29. The van der Waals surface area contributed by atoms with Crippen molar-refractivity contribution in [3.05, 3.63) is 97.1 Å². The normalized spacial score (nSPS) is 12.4. The first-order valence-electron chi connectivity index (χ1n) is 38.4. The molecule has 11 aromatic rings. The number of nitrogens with zero attached hydrogens (tertiary/aromatic N) is 6. The van der Waals surface area contributed by atoms with Gasteiger partial charge >= 0.3 is 0 Å². The zero-order valence-electron chi connectivity index (χ0n) is 64.1. The van der Waals surface area contributed by atoms with Crippen LogP contribution in [0.2, 0.25) is 0 Å². The Morgan fingerprint density at radius 1 is 0.221 bits per heavy atom. The lowest BCUT2D eigenvalue weighted by Crippen LogP contribution is -2.06. The minimum atomic E-state index is 0.343. The minimum Gasteiger partial charge on any atom is -0.492 e. The highest BCUT2D eigenvalue weighted by Crippen LogP contribution is 2.56. The first-order chi connectivity index (χ1) is 50.2. The Labute approximate surface area is 612 Å². The summed E-state index contributed by atoms with van der Waals surface area (Å²) in [7, 11) is 0. The van der Waals surface area contributed by atoms with Crippen molar-refractivity contribution in [2.45, 2.75) is 162 Å². The standard InChI is InChI=1S/C88H106N8O8/c1-49(2)33-41-97-73-57-25-17-18-26-58(57)74(98-42-34-50(3)4)66-65(73)81-89-82(66)94-84-69-70(78(102-46-38-54(11)12)62-30-22-21-29-61(62)77(69)101-45-37-53(9)10)86(91-84)96-88-72-71(79(103-47-39-55(13)14)63-31-23-24-32-64(63)80(72)104-48-40-56(15)16)87(92-88)95-85-68-67(83(90-85)93-81)75(99-43-35-51(5)6)59-27-19-20-28-60(59)76(68)100-44-36-52(7)8/h17-32,49-56H,33-48H2,1-16H3,(H2,89,90,91,92,93,94,95,96). The topological polar surface area (TPSA) is 183 Å². The summed E-state index contributed by atoms with van der Waals surface area (Å²) < 4.78 is 58.3. The summed E-state index contributed by atoms with van der Waals surface area (Å²) in [6.45, 7) is 38.9. The molecule has 13 rings (SSSR count). The summed E-state index contributed by atoms with van der Waals surface area (Å²) in [4.78, 5) is 43.1. The van der Waals surface area contributed by atoms with Gasteiger partial charge in [-0.2, -0.15) is 0 Å². The molecule has 2 N–H and O–H groups in total. The molecule has 0 saturated carbocycles. The molecule has 0 saturated heterocycles. The molecular formula is C88H106N8O8. The van der Waals surface area contributed by atoms with E-state index in [9.17, 15) is 0 Å². The third-order valence-corrected chi connectivity index (χ3v) is 19.6. The van der Waals surface area contributed by atoms with Gasteiger partial charge in [-0.05, 0) is 98.7 Å². The number of H-pyrrole nitrogens is 2. The Bertz CT molecular complexity index is 4500. The predicted octanol–water partition coefficient (Wildman–Crippen LogP) is 22.9. The van der Waals surface area contributed by atoms with Gasteiger partial charge in [0.05, 0.1) is 96.7 Å². The van der Waals surface area contributed by atoms with Crippen molar-refractivity contribution in [1.29, 1.82) is 0 Å². The number of fused-ring (bicyclic) bond motifs is 24. The molecule has 2 aliphatic rings. The van der Waals surface area contributed by atoms with Gasteiger partial charge in [-0.1, -0.05) is 208 Å². The summed E-state index contributed by atoms with van der Waals surface area (Å²) in [5, 5.41) is 9.57. The second kappa shape index (κ2) is 31.9. The molecule has 8 aromatic carbocycles. The Morgan fingerprint density at radius 3 is 0.538 bits per heavy atom. The SMILES string of the molecule is CC(C)CCOc1c2c(c(OCCC(C)C)c3ccccc13)-c1nc-2nc2[nH]c(nc3nc(nc4[nH]c(n1)c1c(OCCC(C)C)c5ccccc5c(OCCC(C)C)c41)-c1c-3c(OCCC(C)C)c3ccccc3c1OCCC(C)C)c1c(OCCC(C)C)c3ccccc3c(OCCC(C)C)c21. The van der Waals surface area contributed by atoms with Crippen LogP contribution in [0.4, 0.5) is 0 Å². The summed E-state index contributed by atoms with van der Waals surface area (Å²) in [6, 6.07) is 33.4. The molecule has 0 aliphatic carbocycles. The first kappa shape index (κ1) is 72.9. The average molecular weight is 1400 g/mol. The second-order valence-electron chi connectivity index (χ2n) is 31.7. The molecule has 16 heteroatoms. The number of hydrogen-bond donors (Lipinski definition) is 2. The van der Waals surface area contributed by atoms with Crippen molar-refractivity contribution in [3.63, 3.8) is 0 Å². The number of nitrogens with one attached hydrogen (secondary N) is 2. The largest absolute Gasteiger partial charge is 0.492 e. The van der Waals surface area contributed by atoms with Gasteiger partial charge in [-0.15, -0.1) is 0 Å². The van der Waals surface area contributed by atoms with Crippen LogP contribution in [0.15, 0.2) is 97.1 Å². The van der Waals surface area contributed by atoms with Crippen molar-refractivity contribution >= 4 is 87.2 Å². The van der Waals surface area contributed by atoms with Crippen LogP contribution in [-0.2, 0) is 0 Å². The molecule has 0 unspecified atom stereocenters. The Morgan fingerprint density at radius 2 is 0.375 bits per heavy atom. The molecule has 0 amide bonds. The Kier molecular flexibility index (Phi) is 22.3. The summed E-state index contributed by atoms with van der Waals surface area (Å²) >= 11 is 0. The van der Waals surface area contributed by atoms with Crippen LogP contribution < -0.4 is 37.9 Å². The van der Waals surface area contributed by atoms with Crippen molar-refractivity contribution in [2.75, 3.05) is 52.9 Å².